The van der Waals surface area contributed by atoms with Gasteiger partial charge in [-0.25, -0.2) is 8.78 Å². The Morgan fingerprint density at radius 2 is 1.88 bits per heavy atom. The minimum Gasteiger partial charge on any atom is -0.405 e. The quantitative estimate of drug-likeness (QED) is 0.550. The Morgan fingerprint density at radius 3 is 2.44 bits per heavy atom. The van der Waals surface area contributed by atoms with Gasteiger partial charge < -0.3 is 21.7 Å². The number of allylic oxidation sites excluding steroid dienone is 2. The van der Waals surface area contributed by atoms with Crippen LogP contribution >= 0.6 is 23.2 Å². The van der Waals surface area contributed by atoms with Crippen LogP contribution in [0.3, 0.4) is 0 Å². The minimum absolute atomic E-state index is 0.0430. The molecule has 1 aliphatic rings. The van der Waals surface area contributed by atoms with E-state index >= 15 is 0 Å². The fourth-order valence-electron chi connectivity index (χ4n) is 3.16. The molecule has 0 fully saturated rings. The highest BCUT2D eigenvalue weighted by Crippen LogP contribution is 2.39. The lowest BCUT2D eigenvalue weighted by atomic mass is 9.97. The van der Waals surface area contributed by atoms with Crippen molar-refractivity contribution in [1.29, 1.82) is 0 Å². The summed E-state index contributed by atoms with van der Waals surface area (Å²) in [5.41, 5.74) is 13.3. The first-order chi connectivity index (χ1) is 15.2. The predicted octanol–water partition coefficient (Wildman–Crippen LogP) is 4.67. The van der Waals surface area contributed by atoms with Crippen LogP contribution in [0.5, 0.6) is 0 Å². The normalized spacial score (nSPS) is 15.8. The van der Waals surface area contributed by atoms with E-state index in [4.69, 9.17) is 34.7 Å². The van der Waals surface area contributed by atoms with Crippen molar-refractivity contribution < 1.29 is 18.4 Å². The first kappa shape index (κ1) is 25.2. The summed E-state index contributed by atoms with van der Waals surface area (Å²) in [6.45, 7) is 3.89. The number of hydrogen-bond acceptors (Lipinski definition) is 4. The maximum atomic E-state index is 14.4. The van der Waals surface area contributed by atoms with Gasteiger partial charge in [0.05, 0.1) is 16.6 Å². The molecule has 3 rings (SSSR count). The molecule has 32 heavy (non-hydrogen) atoms. The number of fused-ring (bicyclic) bond motifs is 1. The van der Waals surface area contributed by atoms with Gasteiger partial charge in [-0.15, -0.1) is 0 Å². The number of nitrogens with zero attached hydrogens (tertiary/aromatic N) is 1. The number of rotatable bonds is 4. The van der Waals surface area contributed by atoms with Gasteiger partial charge in [0.15, 0.2) is 0 Å². The van der Waals surface area contributed by atoms with E-state index in [0.29, 0.717) is 35.6 Å². The van der Waals surface area contributed by atoms with E-state index in [9.17, 15) is 18.4 Å². The molecule has 5 N–H and O–H groups in total. The largest absolute Gasteiger partial charge is 0.405 e. The third kappa shape index (κ3) is 5.38. The molecule has 0 saturated heterocycles. The summed E-state index contributed by atoms with van der Waals surface area (Å²) in [7, 11) is 0. The van der Waals surface area contributed by atoms with Crippen molar-refractivity contribution in [2.45, 2.75) is 13.8 Å². The molecule has 0 bridgehead atoms. The predicted molar refractivity (Wildman–Crippen MR) is 124 cm³/mol. The molecule has 2 aromatic carbocycles. The number of anilines is 2. The lowest BCUT2D eigenvalue weighted by Gasteiger charge is -2.24. The van der Waals surface area contributed by atoms with Crippen LogP contribution in [0.1, 0.15) is 19.4 Å². The highest BCUT2D eigenvalue weighted by atomic mass is 35.5. The molecule has 2 amide bonds. The lowest BCUT2D eigenvalue weighted by molar-refractivity contribution is -0.120. The van der Waals surface area contributed by atoms with Crippen LogP contribution in [-0.4, -0.2) is 18.9 Å². The number of halogens is 4. The molecule has 0 saturated carbocycles. The number of nitrogens with one attached hydrogen (secondary N) is 1. The zero-order chi connectivity index (χ0) is 24.0. The summed E-state index contributed by atoms with van der Waals surface area (Å²) < 4.78 is 27.1. The molecule has 0 spiro atoms. The molecule has 170 valence electrons. The van der Waals surface area contributed by atoms with Crippen molar-refractivity contribution in [1.82, 2.24) is 0 Å². The zero-order valence-electron chi connectivity index (χ0n) is 17.3. The van der Waals surface area contributed by atoms with Gasteiger partial charge >= 0.3 is 0 Å². The van der Waals surface area contributed by atoms with E-state index in [0.717, 1.165) is 6.07 Å². The summed E-state index contributed by atoms with van der Waals surface area (Å²) >= 11 is 11.3. The Morgan fingerprint density at radius 1 is 1.19 bits per heavy atom. The summed E-state index contributed by atoms with van der Waals surface area (Å²) in [6.07, 6.45) is 3.26. The van der Waals surface area contributed by atoms with Gasteiger partial charge in [0.25, 0.3) is 0 Å². The van der Waals surface area contributed by atoms with Gasteiger partial charge in [-0.2, -0.15) is 0 Å². The first-order valence-electron chi connectivity index (χ1n) is 9.50. The van der Waals surface area contributed by atoms with E-state index in [1.807, 2.05) is 6.92 Å². The highest BCUT2D eigenvalue weighted by Gasteiger charge is 2.32. The van der Waals surface area contributed by atoms with Crippen LogP contribution in [0.25, 0.3) is 5.57 Å². The van der Waals surface area contributed by atoms with E-state index in [-0.39, 0.29) is 21.5 Å². The Kier molecular flexibility index (Phi) is 8.63. The number of carbonyl (C=O) groups is 2. The number of benzene rings is 2. The van der Waals surface area contributed by atoms with Crippen LogP contribution < -0.4 is 21.7 Å². The number of amides is 2. The molecule has 0 radical (unpaired) electrons. The molecule has 1 aliphatic heterocycles. The molecule has 6 nitrogen and oxygen atoms in total. The highest BCUT2D eigenvalue weighted by molar-refractivity contribution is 6.31. The van der Waals surface area contributed by atoms with Crippen molar-refractivity contribution in [2.75, 3.05) is 16.8 Å². The van der Waals surface area contributed by atoms with Gasteiger partial charge in [-0.05, 0) is 56.5 Å². The van der Waals surface area contributed by atoms with Crippen molar-refractivity contribution in [3.63, 3.8) is 0 Å². The SMILES string of the molecule is CCN1C(=O)[C@@H](C)C(N)=C(/C=C\N)c2c(F)cc(Cl)cc21.O=CNc1ccc(Cl)c(F)c1. The van der Waals surface area contributed by atoms with Crippen molar-refractivity contribution in [3.8, 4) is 0 Å². The molecular weight excluding hydrogens is 461 g/mol. The second-order valence-corrected chi connectivity index (χ2v) is 7.55. The van der Waals surface area contributed by atoms with Crippen LogP contribution in [0.15, 0.2) is 48.3 Å². The van der Waals surface area contributed by atoms with Crippen molar-refractivity contribution in [2.24, 2.45) is 17.4 Å². The van der Waals surface area contributed by atoms with Crippen LogP contribution in [0, 0.1) is 17.6 Å². The fraction of sp³-hybridized carbons (Fsp3) is 0.182. The Bertz CT molecular complexity index is 1090. The summed E-state index contributed by atoms with van der Waals surface area (Å²) in [5, 5.41) is 2.56. The molecule has 2 aromatic rings. The third-order valence-electron chi connectivity index (χ3n) is 4.73. The van der Waals surface area contributed by atoms with Gasteiger partial charge in [-0.3, -0.25) is 9.59 Å². The third-order valence-corrected chi connectivity index (χ3v) is 5.26. The minimum atomic E-state index is -0.568. The number of carbonyl (C=O) groups excluding carboxylic acids is 2. The van der Waals surface area contributed by atoms with Crippen LogP contribution in [0.4, 0.5) is 20.2 Å². The lowest BCUT2D eigenvalue weighted by Crippen LogP contribution is -2.36. The maximum Gasteiger partial charge on any atom is 0.235 e. The second-order valence-electron chi connectivity index (χ2n) is 6.71. The Hall–Kier alpha value is -3.10. The molecule has 1 heterocycles. The smallest absolute Gasteiger partial charge is 0.235 e. The second kappa shape index (κ2) is 11.0. The van der Waals surface area contributed by atoms with E-state index in [2.05, 4.69) is 5.32 Å². The van der Waals surface area contributed by atoms with E-state index in [1.54, 1.807) is 13.0 Å². The molecule has 0 aromatic heterocycles. The number of nitrogens with two attached hydrogens (primary N) is 2. The fourth-order valence-corrected chi connectivity index (χ4v) is 3.48. The monoisotopic (exact) mass is 482 g/mol. The van der Waals surface area contributed by atoms with Crippen LogP contribution in [-0.2, 0) is 9.59 Å². The molecule has 1 atom stereocenters. The van der Waals surface area contributed by atoms with E-state index < -0.39 is 17.6 Å². The Labute approximate surface area is 194 Å². The van der Waals surface area contributed by atoms with Crippen molar-refractivity contribution >= 4 is 52.5 Å². The maximum absolute atomic E-state index is 14.4. The average molecular weight is 483 g/mol. The summed E-state index contributed by atoms with van der Waals surface area (Å²) in [5.74, 6) is -1.84. The standard InChI is InChI=1S/C15H17ClFN3O.C7H5ClFNO/c1-3-20-12-7-9(16)6-11(17)13(12)10(4-5-18)14(19)8(2)15(20)21;8-6-2-1-5(10-4-11)3-7(6)9/h4-8H,3,18-19H2,1-2H3;1-4H,(H,10,11)/b5-4-;/t8-;/m0./s1. The molecule has 0 aliphatic carbocycles. The van der Waals surface area contributed by atoms with Gasteiger partial charge in [-0.1, -0.05) is 23.2 Å². The topological polar surface area (TPSA) is 101 Å². The van der Waals surface area contributed by atoms with Crippen molar-refractivity contribution in [3.05, 3.63) is 75.5 Å². The van der Waals surface area contributed by atoms with Gasteiger partial charge in [0.2, 0.25) is 12.3 Å². The average Bonchev–Trinajstić information content (AvgIpc) is 2.81. The van der Waals surface area contributed by atoms with Gasteiger partial charge in [0, 0.05) is 34.1 Å². The van der Waals surface area contributed by atoms with Gasteiger partial charge in [0.1, 0.15) is 11.6 Å². The van der Waals surface area contributed by atoms with Crippen LogP contribution in [0.2, 0.25) is 10.0 Å². The Balaban J connectivity index is 0.000000278. The molecule has 10 heteroatoms. The molecular formula is C22H22Cl2F2N4O2. The zero-order valence-corrected chi connectivity index (χ0v) is 18.8. The molecule has 0 unspecified atom stereocenters. The van der Waals surface area contributed by atoms with E-state index in [1.165, 1.54) is 35.4 Å². The number of hydrogen-bond donors (Lipinski definition) is 3. The first-order valence-corrected chi connectivity index (χ1v) is 10.3. The summed E-state index contributed by atoms with van der Waals surface area (Å²) in [4.78, 5) is 23.9. The summed E-state index contributed by atoms with van der Waals surface area (Å²) in [6, 6.07) is 6.81.